The maximum atomic E-state index is 12.5. The molecule has 1 aromatic rings. The third-order valence-electron chi connectivity index (χ3n) is 6.24. The normalized spacial score (nSPS) is 26.5. The quantitative estimate of drug-likeness (QED) is 0.736. The van der Waals surface area contributed by atoms with Crippen LogP contribution < -0.4 is 15.8 Å². The van der Waals surface area contributed by atoms with Crippen LogP contribution in [-0.4, -0.2) is 48.0 Å². The van der Waals surface area contributed by atoms with Crippen molar-refractivity contribution < 1.29 is 14.3 Å². The molecule has 162 valence electrons. The van der Waals surface area contributed by atoms with Gasteiger partial charge in [0.1, 0.15) is 5.75 Å². The summed E-state index contributed by atoms with van der Waals surface area (Å²) in [5, 5.41) is 3.10. The zero-order valence-corrected chi connectivity index (χ0v) is 18.2. The molecule has 0 spiro atoms. The molecule has 1 saturated carbocycles. The van der Waals surface area contributed by atoms with Gasteiger partial charge in [-0.2, -0.15) is 0 Å². The number of nitrogens with one attached hydrogen (secondary N) is 1. The fraction of sp³-hybridized carbons (Fsp3) is 0.636. The molecule has 4 unspecified atom stereocenters. The Hall–Kier alpha value is -1.79. The minimum atomic E-state index is -0.0797. The summed E-state index contributed by atoms with van der Waals surface area (Å²) < 4.78 is 5.68. The van der Waals surface area contributed by atoms with E-state index in [1.165, 1.54) is 6.42 Å². The molecule has 0 radical (unpaired) electrons. The average molecular weight is 424 g/mol. The number of piperidine rings is 1. The lowest BCUT2D eigenvalue weighted by Gasteiger charge is -2.38. The van der Waals surface area contributed by atoms with Crippen LogP contribution in [0.5, 0.6) is 5.75 Å². The number of hydrogen-bond donors (Lipinski definition) is 2. The van der Waals surface area contributed by atoms with Crippen molar-refractivity contribution in [1.82, 2.24) is 10.2 Å². The van der Waals surface area contributed by atoms with Crippen LogP contribution in [0.15, 0.2) is 24.3 Å². The van der Waals surface area contributed by atoms with Gasteiger partial charge in [-0.3, -0.25) is 9.59 Å². The minimum absolute atomic E-state index is 0. The number of nitrogens with zero attached hydrogens (tertiary/aromatic N) is 1. The summed E-state index contributed by atoms with van der Waals surface area (Å²) in [5.41, 5.74) is 6.39. The molecule has 2 fully saturated rings. The van der Waals surface area contributed by atoms with E-state index in [2.05, 4.69) is 19.2 Å². The molecule has 3 N–H and O–H groups in total. The fourth-order valence-electron chi connectivity index (χ4n) is 4.60. The van der Waals surface area contributed by atoms with Crippen LogP contribution in [0.1, 0.15) is 62.7 Å². The lowest BCUT2D eigenvalue weighted by molar-refractivity contribution is -0.139. The van der Waals surface area contributed by atoms with Crippen molar-refractivity contribution in [3.63, 3.8) is 0 Å². The molecule has 0 aromatic heterocycles. The summed E-state index contributed by atoms with van der Waals surface area (Å²) in [7, 11) is 0. The molecule has 1 aliphatic carbocycles. The smallest absolute Gasteiger partial charge is 0.260 e. The summed E-state index contributed by atoms with van der Waals surface area (Å²) >= 11 is 0. The second-order valence-corrected chi connectivity index (χ2v) is 8.25. The first-order chi connectivity index (χ1) is 13.5. The number of carbonyl (C=O) groups is 2. The van der Waals surface area contributed by atoms with Gasteiger partial charge in [0.15, 0.2) is 6.61 Å². The van der Waals surface area contributed by atoms with Gasteiger partial charge < -0.3 is 20.7 Å². The monoisotopic (exact) mass is 423 g/mol. The Morgan fingerprint density at radius 3 is 2.31 bits per heavy atom. The Kier molecular flexibility index (Phi) is 8.78. The van der Waals surface area contributed by atoms with E-state index >= 15 is 0 Å². The predicted octanol–water partition coefficient (Wildman–Crippen LogP) is 3.13. The van der Waals surface area contributed by atoms with Gasteiger partial charge in [0.05, 0.1) is 0 Å². The van der Waals surface area contributed by atoms with E-state index in [1.54, 1.807) is 24.3 Å². The molecule has 7 heteroatoms. The highest BCUT2D eigenvalue weighted by Gasteiger charge is 2.29. The van der Waals surface area contributed by atoms with Gasteiger partial charge in [-0.25, -0.2) is 0 Å². The Bertz CT molecular complexity index is 672. The van der Waals surface area contributed by atoms with Crippen LogP contribution in [0.2, 0.25) is 0 Å². The number of amides is 2. The zero-order valence-electron chi connectivity index (χ0n) is 17.4. The average Bonchev–Trinajstić information content (AvgIpc) is 3.13. The molecule has 0 bridgehead atoms. The van der Waals surface area contributed by atoms with Crippen LogP contribution in [0.25, 0.3) is 0 Å². The predicted molar refractivity (Wildman–Crippen MR) is 116 cm³/mol. The highest BCUT2D eigenvalue weighted by atomic mass is 35.5. The van der Waals surface area contributed by atoms with Crippen molar-refractivity contribution in [3.05, 3.63) is 29.8 Å². The molecular formula is C22H34ClN3O3. The van der Waals surface area contributed by atoms with E-state index in [9.17, 15) is 9.59 Å². The van der Waals surface area contributed by atoms with Crippen LogP contribution in [0.4, 0.5) is 0 Å². The number of carbonyl (C=O) groups excluding carboxylic acids is 2. The van der Waals surface area contributed by atoms with Gasteiger partial charge in [0.25, 0.3) is 11.8 Å². The molecule has 1 aliphatic heterocycles. The first-order valence-electron chi connectivity index (χ1n) is 10.5. The molecule has 1 heterocycles. The Morgan fingerprint density at radius 2 is 1.69 bits per heavy atom. The fourth-order valence-corrected chi connectivity index (χ4v) is 4.60. The molecule has 29 heavy (non-hydrogen) atoms. The van der Waals surface area contributed by atoms with E-state index in [-0.39, 0.29) is 49.0 Å². The van der Waals surface area contributed by atoms with Gasteiger partial charge in [-0.1, -0.05) is 6.42 Å². The van der Waals surface area contributed by atoms with Gasteiger partial charge in [-0.15, -0.1) is 12.4 Å². The van der Waals surface area contributed by atoms with Gasteiger partial charge in [0.2, 0.25) is 0 Å². The zero-order chi connectivity index (χ0) is 20.1. The molecule has 6 nitrogen and oxygen atoms in total. The third kappa shape index (κ3) is 5.86. The van der Waals surface area contributed by atoms with Crippen LogP contribution >= 0.6 is 12.4 Å². The third-order valence-corrected chi connectivity index (χ3v) is 6.24. The van der Waals surface area contributed by atoms with Crippen molar-refractivity contribution in [2.24, 2.45) is 11.7 Å². The van der Waals surface area contributed by atoms with E-state index in [1.807, 2.05) is 4.90 Å². The van der Waals surface area contributed by atoms with E-state index in [0.29, 0.717) is 23.8 Å². The summed E-state index contributed by atoms with van der Waals surface area (Å²) in [4.78, 5) is 27.0. The van der Waals surface area contributed by atoms with E-state index < -0.39 is 0 Å². The van der Waals surface area contributed by atoms with Crippen molar-refractivity contribution in [1.29, 1.82) is 0 Å². The van der Waals surface area contributed by atoms with Crippen molar-refractivity contribution in [2.45, 2.75) is 70.5 Å². The second-order valence-electron chi connectivity index (χ2n) is 8.25. The number of likely N-dealkylation sites (tertiary alicyclic amines) is 1. The number of benzene rings is 1. The lowest BCUT2D eigenvalue weighted by atomic mass is 9.97. The number of ether oxygens (including phenoxy) is 1. The van der Waals surface area contributed by atoms with Crippen molar-refractivity contribution >= 4 is 24.2 Å². The minimum Gasteiger partial charge on any atom is -0.484 e. The SMILES string of the molecule is CC1CCCC(C)N1C(=O)COc1ccc(C(=O)NC2CCCC2CN)cc1.Cl. The number of nitrogens with two attached hydrogens (primary N) is 1. The lowest BCUT2D eigenvalue weighted by Crippen LogP contribution is -2.49. The summed E-state index contributed by atoms with van der Waals surface area (Å²) in [5.74, 6) is 0.916. The first-order valence-corrected chi connectivity index (χ1v) is 10.5. The van der Waals surface area contributed by atoms with Crippen LogP contribution in [0.3, 0.4) is 0 Å². The van der Waals surface area contributed by atoms with Gasteiger partial charge in [-0.05, 0) is 82.7 Å². The van der Waals surface area contributed by atoms with E-state index in [0.717, 1.165) is 32.1 Å². The highest BCUT2D eigenvalue weighted by molar-refractivity contribution is 5.94. The summed E-state index contributed by atoms with van der Waals surface area (Å²) in [6.45, 7) is 4.83. The maximum absolute atomic E-state index is 12.5. The highest BCUT2D eigenvalue weighted by Crippen LogP contribution is 2.25. The second kappa shape index (κ2) is 10.8. The Labute approximate surface area is 179 Å². The molecule has 2 amide bonds. The van der Waals surface area contributed by atoms with Crippen molar-refractivity contribution in [2.75, 3.05) is 13.2 Å². The maximum Gasteiger partial charge on any atom is 0.260 e. The van der Waals surface area contributed by atoms with Crippen LogP contribution in [-0.2, 0) is 4.79 Å². The Balaban J connectivity index is 0.00000300. The Morgan fingerprint density at radius 1 is 1.07 bits per heavy atom. The van der Waals surface area contributed by atoms with Gasteiger partial charge >= 0.3 is 0 Å². The molecule has 1 aromatic carbocycles. The van der Waals surface area contributed by atoms with Gasteiger partial charge in [0, 0.05) is 23.7 Å². The first kappa shape index (κ1) is 23.5. The summed E-state index contributed by atoms with van der Waals surface area (Å²) in [6.07, 6.45) is 6.45. The molecule has 3 rings (SSSR count). The van der Waals surface area contributed by atoms with Crippen LogP contribution in [0, 0.1) is 5.92 Å². The molecule has 4 atom stereocenters. The standard InChI is InChI=1S/C22H33N3O3.ClH/c1-15-5-3-6-16(2)25(15)21(26)14-28-19-11-9-17(10-12-19)22(27)24-20-8-4-7-18(20)13-23;/h9-12,15-16,18,20H,3-8,13-14,23H2,1-2H3,(H,24,27);1H. The van der Waals surface area contributed by atoms with E-state index in [4.69, 9.17) is 10.5 Å². The summed E-state index contributed by atoms with van der Waals surface area (Å²) in [6, 6.07) is 7.68. The molecular weight excluding hydrogens is 390 g/mol. The number of rotatable bonds is 6. The largest absolute Gasteiger partial charge is 0.484 e. The number of hydrogen-bond acceptors (Lipinski definition) is 4. The molecule has 1 saturated heterocycles. The molecule has 2 aliphatic rings. The topological polar surface area (TPSA) is 84.7 Å². The number of halogens is 1. The van der Waals surface area contributed by atoms with Crippen molar-refractivity contribution in [3.8, 4) is 5.75 Å².